The third-order valence-corrected chi connectivity index (χ3v) is 2.32. The lowest BCUT2D eigenvalue weighted by Gasteiger charge is -2.20. The van der Waals surface area contributed by atoms with E-state index in [0.717, 1.165) is 0 Å². The van der Waals surface area contributed by atoms with Crippen LogP contribution in [0.5, 0.6) is 0 Å². The first-order chi connectivity index (χ1) is 8.02. The quantitative estimate of drug-likeness (QED) is 0.542. The molecule has 0 aromatic rings. The van der Waals surface area contributed by atoms with Gasteiger partial charge in [-0.1, -0.05) is 6.92 Å². The normalized spacial score (nSPS) is 12.0. The number of carbonyl (C=O) groups excluding carboxylic acids is 2. The summed E-state index contributed by atoms with van der Waals surface area (Å²) in [6.07, 6.45) is 0. The Labute approximate surface area is 103 Å². The molecule has 0 aliphatic carbocycles. The van der Waals surface area contributed by atoms with Crippen LogP contribution in [0.15, 0.2) is 0 Å². The van der Waals surface area contributed by atoms with Crippen molar-refractivity contribution in [2.24, 2.45) is 5.92 Å². The molecule has 6 heteroatoms. The number of amides is 2. The van der Waals surface area contributed by atoms with Crippen molar-refractivity contribution < 1.29 is 14.3 Å². The second-order valence-corrected chi connectivity index (χ2v) is 4.00. The van der Waals surface area contributed by atoms with Crippen molar-refractivity contribution in [3.63, 3.8) is 0 Å². The lowest BCUT2D eigenvalue weighted by Crippen LogP contribution is -2.42. The fourth-order valence-corrected chi connectivity index (χ4v) is 1.41. The van der Waals surface area contributed by atoms with Gasteiger partial charge in [0.25, 0.3) is 0 Å². The minimum atomic E-state index is -0.172. The average molecular weight is 245 g/mol. The Morgan fingerprint density at radius 3 is 2.59 bits per heavy atom. The number of nitrogens with one attached hydrogen (secondary N) is 2. The Bertz CT molecular complexity index is 246. The van der Waals surface area contributed by atoms with Crippen LogP contribution in [0.1, 0.15) is 6.92 Å². The SMILES string of the molecule is CNCC(C)C(=O)N(C)CC(=O)NCCOC. The van der Waals surface area contributed by atoms with Crippen molar-refractivity contribution in [1.82, 2.24) is 15.5 Å². The molecule has 6 nitrogen and oxygen atoms in total. The second kappa shape index (κ2) is 8.95. The number of likely N-dealkylation sites (N-methyl/N-ethyl adjacent to an activating group) is 1. The van der Waals surface area contributed by atoms with E-state index in [4.69, 9.17) is 4.74 Å². The minimum absolute atomic E-state index is 0.0405. The van der Waals surface area contributed by atoms with E-state index < -0.39 is 0 Å². The maximum atomic E-state index is 11.8. The number of carbonyl (C=O) groups is 2. The van der Waals surface area contributed by atoms with Gasteiger partial charge in [0.15, 0.2) is 0 Å². The fraction of sp³-hybridized carbons (Fsp3) is 0.818. The Balaban J connectivity index is 3.94. The molecule has 0 fully saturated rings. The molecule has 0 rings (SSSR count). The molecule has 0 aliphatic heterocycles. The van der Waals surface area contributed by atoms with Crippen LogP contribution in [-0.2, 0) is 14.3 Å². The predicted molar refractivity (Wildman–Crippen MR) is 65.6 cm³/mol. The molecule has 0 bridgehead atoms. The highest BCUT2D eigenvalue weighted by atomic mass is 16.5. The van der Waals surface area contributed by atoms with E-state index >= 15 is 0 Å². The van der Waals surface area contributed by atoms with Gasteiger partial charge in [0, 0.05) is 33.2 Å². The van der Waals surface area contributed by atoms with Gasteiger partial charge in [0.2, 0.25) is 11.8 Å². The standard InChI is InChI=1S/C11H23N3O3/c1-9(7-12-2)11(16)14(3)8-10(15)13-5-6-17-4/h9,12H,5-8H2,1-4H3,(H,13,15). The largest absolute Gasteiger partial charge is 0.383 e. The first kappa shape index (κ1) is 15.9. The summed E-state index contributed by atoms with van der Waals surface area (Å²) in [7, 11) is 4.99. The molecular formula is C11H23N3O3. The van der Waals surface area contributed by atoms with Crippen LogP contribution in [0, 0.1) is 5.92 Å². The minimum Gasteiger partial charge on any atom is -0.383 e. The molecule has 17 heavy (non-hydrogen) atoms. The second-order valence-electron chi connectivity index (χ2n) is 4.00. The van der Waals surface area contributed by atoms with E-state index in [1.165, 1.54) is 4.90 Å². The van der Waals surface area contributed by atoms with Crippen LogP contribution in [0.4, 0.5) is 0 Å². The lowest BCUT2D eigenvalue weighted by atomic mass is 10.1. The van der Waals surface area contributed by atoms with Crippen molar-refractivity contribution in [2.45, 2.75) is 6.92 Å². The molecule has 0 aliphatic rings. The fourth-order valence-electron chi connectivity index (χ4n) is 1.41. The Hall–Kier alpha value is -1.14. The zero-order chi connectivity index (χ0) is 13.3. The van der Waals surface area contributed by atoms with E-state index in [0.29, 0.717) is 19.7 Å². The van der Waals surface area contributed by atoms with Crippen LogP contribution < -0.4 is 10.6 Å². The van der Waals surface area contributed by atoms with E-state index in [9.17, 15) is 9.59 Å². The van der Waals surface area contributed by atoms with Gasteiger partial charge in [0.05, 0.1) is 13.2 Å². The number of hydrogen-bond acceptors (Lipinski definition) is 4. The zero-order valence-corrected chi connectivity index (χ0v) is 11.1. The van der Waals surface area contributed by atoms with E-state index in [1.54, 1.807) is 21.2 Å². The third kappa shape index (κ3) is 6.91. The third-order valence-electron chi connectivity index (χ3n) is 2.32. The first-order valence-electron chi connectivity index (χ1n) is 5.68. The average Bonchev–Trinajstić information content (AvgIpc) is 2.28. The molecule has 2 amide bonds. The summed E-state index contributed by atoms with van der Waals surface area (Å²) in [5.41, 5.74) is 0. The molecular weight excluding hydrogens is 222 g/mol. The molecule has 0 aromatic carbocycles. The molecule has 0 aromatic heterocycles. The summed E-state index contributed by atoms with van der Waals surface area (Å²) in [6.45, 7) is 3.45. The predicted octanol–water partition coefficient (Wildman–Crippen LogP) is -0.937. The van der Waals surface area contributed by atoms with E-state index in [1.807, 2.05) is 6.92 Å². The van der Waals surface area contributed by atoms with Gasteiger partial charge in [-0.2, -0.15) is 0 Å². The number of hydrogen-bond donors (Lipinski definition) is 2. The number of methoxy groups -OCH3 is 1. The summed E-state index contributed by atoms with van der Waals surface area (Å²) < 4.78 is 4.81. The topological polar surface area (TPSA) is 70.7 Å². The summed E-state index contributed by atoms with van der Waals surface area (Å²) in [6, 6.07) is 0. The molecule has 0 radical (unpaired) electrons. The van der Waals surface area contributed by atoms with Gasteiger partial charge in [0.1, 0.15) is 0 Å². The number of ether oxygens (including phenoxy) is 1. The highest BCUT2D eigenvalue weighted by Crippen LogP contribution is 1.98. The monoisotopic (exact) mass is 245 g/mol. The van der Waals surface area contributed by atoms with E-state index in [2.05, 4.69) is 10.6 Å². The maximum Gasteiger partial charge on any atom is 0.239 e. The number of nitrogens with zero attached hydrogens (tertiary/aromatic N) is 1. The highest BCUT2D eigenvalue weighted by molar-refractivity contribution is 5.85. The van der Waals surface area contributed by atoms with Crippen molar-refractivity contribution >= 4 is 11.8 Å². The smallest absolute Gasteiger partial charge is 0.239 e. The molecule has 0 spiro atoms. The summed E-state index contributed by atoms with van der Waals surface area (Å²) >= 11 is 0. The highest BCUT2D eigenvalue weighted by Gasteiger charge is 2.18. The molecule has 1 unspecified atom stereocenters. The van der Waals surface area contributed by atoms with Gasteiger partial charge in [-0.25, -0.2) is 0 Å². The lowest BCUT2D eigenvalue weighted by molar-refractivity contribution is -0.137. The maximum absolute atomic E-state index is 11.8. The van der Waals surface area contributed by atoms with Crippen molar-refractivity contribution in [1.29, 1.82) is 0 Å². The van der Waals surface area contributed by atoms with Crippen molar-refractivity contribution in [3.05, 3.63) is 0 Å². The molecule has 0 heterocycles. The van der Waals surface area contributed by atoms with Crippen molar-refractivity contribution in [3.8, 4) is 0 Å². The zero-order valence-electron chi connectivity index (χ0n) is 11.1. The molecule has 0 saturated carbocycles. The molecule has 1 atom stereocenters. The van der Waals surface area contributed by atoms with Crippen LogP contribution in [-0.4, -0.2) is 64.2 Å². The Kier molecular flexibility index (Phi) is 8.35. The molecule has 0 saturated heterocycles. The van der Waals surface area contributed by atoms with Crippen molar-refractivity contribution in [2.75, 3.05) is 47.4 Å². The van der Waals surface area contributed by atoms with E-state index in [-0.39, 0.29) is 24.3 Å². The Morgan fingerprint density at radius 1 is 1.41 bits per heavy atom. The summed E-state index contributed by atoms with van der Waals surface area (Å²) in [5.74, 6) is -0.340. The van der Waals surface area contributed by atoms with Gasteiger partial charge < -0.3 is 20.3 Å². The van der Waals surface area contributed by atoms with Crippen LogP contribution in [0.2, 0.25) is 0 Å². The summed E-state index contributed by atoms with van der Waals surface area (Å²) in [4.78, 5) is 24.7. The van der Waals surface area contributed by atoms with Gasteiger partial charge in [-0.05, 0) is 7.05 Å². The molecule has 2 N–H and O–H groups in total. The molecule has 100 valence electrons. The first-order valence-corrected chi connectivity index (χ1v) is 5.68. The van der Waals surface area contributed by atoms with Crippen LogP contribution in [0.3, 0.4) is 0 Å². The number of rotatable bonds is 8. The summed E-state index contributed by atoms with van der Waals surface area (Å²) in [5, 5.41) is 5.60. The van der Waals surface area contributed by atoms with Gasteiger partial charge >= 0.3 is 0 Å². The van der Waals surface area contributed by atoms with Crippen LogP contribution >= 0.6 is 0 Å². The van der Waals surface area contributed by atoms with Gasteiger partial charge in [-0.15, -0.1) is 0 Å². The van der Waals surface area contributed by atoms with Gasteiger partial charge in [-0.3, -0.25) is 9.59 Å². The van der Waals surface area contributed by atoms with Crippen LogP contribution in [0.25, 0.3) is 0 Å². The Morgan fingerprint density at radius 2 is 2.06 bits per heavy atom.